The van der Waals surface area contributed by atoms with Crippen LogP contribution >= 0.6 is 11.8 Å². The number of thioether (sulfide) groups is 1. The van der Waals surface area contributed by atoms with E-state index in [1.54, 1.807) is 16.8 Å². The fraction of sp³-hybridized carbons (Fsp3) is 0.200. The Morgan fingerprint density at radius 3 is 2.54 bits per heavy atom. The van der Waals surface area contributed by atoms with Crippen molar-refractivity contribution in [3.05, 3.63) is 76.9 Å². The first kappa shape index (κ1) is 18.4. The maximum Gasteiger partial charge on any atom is 0.304 e. The molecule has 0 saturated heterocycles. The van der Waals surface area contributed by atoms with E-state index in [0.717, 1.165) is 16.7 Å². The first-order valence-electron chi connectivity index (χ1n) is 8.72. The third-order valence-electron chi connectivity index (χ3n) is 4.42. The monoisotopic (exact) mass is 396 g/mol. The predicted octanol–water partition coefficient (Wildman–Crippen LogP) is 3.52. The first-order valence-corrected chi connectivity index (χ1v) is 9.60. The number of fused-ring (bicyclic) bond motifs is 1. The molecule has 2 aromatic carbocycles. The summed E-state index contributed by atoms with van der Waals surface area (Å²) in [5.41, 5.74) is 3.56. The summed E-state index contributed by atoms with van der Waals surface area (Å²) in [6.45, 7) is 1.99. The lowest BCUT2D eigenvalue weighted by molar-refractivity contribution is -0.136. The highest BCUT2D eigenvalue weighted by Gasteiger charge is 2.30. The number of hydrogen-bond donors (Lipinski definition) is 1. The molecule has 0 unspecified atom stereocenters. The summed E-state index contributed by atoms with van der Waals surface area (Å²) in [4.78, 5) is 11.3. The quantitative estimate of drug-likeness (QED) is 0.714. The molecule has 1 aromatic heterocycles. The van der Waals surface area contributed by atoms with Gasteiger partial charge in [0, 0.05) is 6.42 Å². The van der Waals surface area contributed by atoms with Gasteiger partial charge in [0.05, 0.1) is 17.4 Å². The molecule has 0 bridgehead atoms. The molecular formula is C20H17FN4O2S. The SMILES string of the molecule is Cc1ccc(C2=Nn3c(Cc4ccc(F)cc4)nnc3S[C@H]2CC(=O)O)cc1. The summed E-state index contributed by atoms with van der Waals surface area (Å²) in [6, 6.07) is 14.0. The highest BCUT2D eigenvalue weighted by atomic mass is 32.2. The fourth-order valence-electron chi connectivity index (χ4n) is 2.98. The van der Waals surface area contributed by atoms with Crippen LogP contribution < -0.4 is 0 Å². The Hall–Kier alpha value is -3.00. The van der Waals surface area contributed by atoms with Gasteiger partial charge in [-0.15, -0.1) is 10.2 Å². The van der Waals surface area contributed by atoms with Gasteiger partial charge in [-0.05, 0) is 30.2 Å². The van der Waals surface area contributed by atoms with Crippen LogP contribution in [0.1, 0.15) is 28.9 Å². The topological polar surface area (TPSA) is 80.4 Å². The van der Waals surface area contributed by atoms with Crippen molar-refractivity contribution in [3.63, 3.8) is 0 Å². The van der Waals surface area contributed by atoms with Gasteiger partial charge in [-0.1, -0.05) is 53.7 Å². The zero-order valence-corrected chi connectivity index (χ0v) is 15.9. The van der Waals surface area contributed by atoms with E-state index in [4.69, 9.17) is 5.10 Å². The molecule has 1 atom stereocenters. The van der Waals surface area contributed by atoms with Gasteiger partial charge in [-0.2, -0.15) is 9.78 Å². The molecule has 2 heterocycles. The highest BCUT2D eigenvalue weighted by Crippen LogP contribution is 2.32. The molecule has 0 fully saturated rings. The minimum atomic E-state index is -0.892. The molecule has 0 aliphatic carbocycles. The number of aryl methyl sites for hydroxylation is 1. The number of aromatic nitrogens is 3. The third kappa shape index (κ3) is 3.82. The molecule has 6 nitrogen and oxygen atoms in total. The smallest absolute Gasteiger partial charge is 0.304 e. The van der Waals surface area contributed by atoms with Gasteiger partial charge < -0.3 is 5.11 Å². The Labute approximate surface area is 165 Å². The molecule has 0 spiro atoms. The van der Waals surface area contributed by atoms with Gasteiger partial charge in [-0.3, -0.25) is 4.79 Å². The molecule has 142 valence electrons. The van der Waals surface area contributed by atoms with Crippen molar-refractivity contribution in [1.29, 1.82) is 0 Å². The number of rotatable bonds is 5. The summed E-state index contributed by atoms with van der Waals surface area (Å²) in [6.07, 6.45) is 0.389. The van der Waals surface area contributed by atoms with Gasteiger partial charge in [0.1, 0.15) is 5.82 Å². The molecular weight excluding hydrogens is 379 g/mol. The van der Waals surface area contributed by atoms with E-state index >= 15 is 0 Å². The zero-order chi connectivity index (χ0) is 19.7. The Kier molecular flexibility index (Phi) is 4.95. The van der Waals surface area contributed by atoms with Crippen molar-refractivity contribution in [2.75, 3.05) is 0 Å². The molecule has 0 amide bonds. The van der Waals surface area contributed by atoms with E-state index in [1.807, 2.05) is 31.2 Å². The van der Waals surface area contributed by atoms with Crippen molar-refractivity contribution in [3.8, 4) is 0 Å². The van der Waals surface area contributed by atoms with E-state index in [0.29, 0.717) is 23.1 Å². The summed E-state index contributed by atoms with van der Waals surface area (Å²) in [7, 11) is 0. The second-order valence-electron chi connectivity index (χ2n) is 6.57. The van der Waals surface area contributed by atoms with Crippen LogP contribution in [0.15, 0.2) is 58.8 Å². The maximum absolute atomic E-state index is 13.1. The lowest BCUT2D eigenvalue weighted by atomic mass is 10.0. The predicted molar refractivity (Wildman–Crippen MR) is 104 cm³/mol. The number of benzene rings is 2. The Balaban J connectivity index is 1.72. The Morgan fingerprint density at radius 2 is 1.86 bits per heavy atom. The van der Waals surface area contributed by atoms with E-state index in [9.17, 15) is 14.3 Å². The van der Waals surface area contributed by atoms with Crippen molar-refractivity contribution < 1.29 is 14.3 Å². The molecule has 4 rings (SSSR count). The first-order chi connectivity index (χ1) is 13.5. The molecule has 28 heavy (non-hydrogen) atoms. The Bertz CT molecular complexity index is 1050. The standard InChI is InChI=1S/C20H17FN4O2S/c1-12-2-6-14(7-3-12)19-16(11-18(26)27)28-20-23-22-17(25(20)24-19)10-13-4-8-15(21)9-5-13/h2-9,16H,10-11H2,1H3,(H,26,27)/t16-/m0/s1. The third-order valence-corrected chi connectivity index (χ3v) is 5.56. The summed E-state index contributed by atoms with van der Waals surface area (Å²) >= 11 is 1.34. The largest absolute Gasteiger partial charge is 0.481 e. The van der Waals surface area contributed by atoms with Crippen molar-refractivity contribution in [2.24, 2.45) is 5.10 Å². The lowest BCUT2D eigenvalue weighted by Gasteiger charge is -2.22. The zero-order valence-electron chi connectivity index (χ0n) is 15.0. The van der Waals surface area contributed by atoms with Crippen LogP contribution in [0.3, 0.4) is 0 Å². The van der Waals surface area contributed by atoms with Gasteiger partial charge in [0.2, 0.25) is 5.16 Å². The second kappa shape index (κ2) is 7.55. The lowest BCUT2D eigenvalue weighted by Crippen LogP contribution is -2.27. The van der Waals surface area contributed by atoms with Crippen LogP contribution in [0.5, 0.6) is 0 Å². The number of carboxylic acids is 1. The molecule has 1 aliphatic rings. The molecule has 3 aromatic rings. The van der Waals surface area contributed by atoms with E-state index < -0.39 is 5.97 Å². The molecule has 1 aliphatic heterocycles. The van der Waals surface area contributed by atoms with Crippen LogP contribution in [-0.2, 0) is 11.2 Å². The maximum atomic E-state index is 13.1. The van der Waals surface area contributed by atoms with Gasteiger partial charge in [0.25, 0.3) is 0 Å². The van der Waals surface area contributed by atoms with Gasteiger partial charge in [0.15, 0.2) is 5.82 Å². The summed E-state index contributed by atoms with van der Waals surface area (Å²) in [5.74, 6) is -0.567. The van der Waals surface area contributed by atoms with Crippen LogP contribution in [0.25, 0.3) is 0 Å². The van der Waals surface area contributed by atoms with Crippen LogP contribution in [0, 0.1) is 12.7 Å². The van der Waals surface area contributed by atoms with Gasteiger partial charge >= 0.3 is 5.97 Å². The number of halogens is 1. The summed E-state index contributed by atoms with van der Waals surface area (Å²) in [5, 5.41) is 22.6. The minimum Gasteiger partial charge on any atom is -0.481 e. The molecule has 0 saturated carbocycles. The normalized spacial score (nSPS) is 15.8. The van der Waals surface area contributed by atoms with E-state index in [2.05, 4.69) is 10.2 Å². The molecule has 0 radical (unpaired) electrons. The number of aliphatic carboxylic acids is 1. The number of hydrogen-bond acceptors (Lipinski definition) is 5. The van der Waals surface area contributed by atoms with Crippen molar-refractivity contribution in [1.82, 2.24) is 14.9 Å². The molecule has 1 N–H and O–H groups in total. The van der Waals surface area contributed by atoms with E-state index in [-0.39, 0.29) is 17.5 Å². The summed E-state index contributed by atoms with van der Waals surface area (Å²) < 4.78 is 14.8. The van der Waals surface area contributed by atoms with Crippen LogP contribution in [0.2, 0.25) is 0 Å². The minimum absolute atomic E-state index is 0.0580. The fourth-order valence-corrected chi connectivity index (χ4v) is 4.09. The highest BCUT2D eigenvalue weighted by molar-refractivity contribution is 8.00. The van der Waals surface area contributed by atoms with Crippen LogP contribution in [0.4, 0.5) is 4.39 Å². The number of carboxylic acid groups (broad SMARTS) is 1. The van der Waals surface area contributed by atoms with Gasteiger partial charge in [-0.25, -0.2) is 4.39 Å². The average Bonchev–Trinajstić information content (AvgIpc) is 3.05. The molecule has 8 heteroatoms. The number of carbonyl (C=O) groups is 1. The van der Waals surface area contributed by atoms with Crippen molar-refractivity contribution >= 4 is 23.4 Å². The Morgan fingerprint density at radius 1 is 1.14 bits per heavy atom. The van der Waals surface area contributed by atoms with E-state index in [1.165, 1.54) is 23.9 Å². The average molecular weight is 396 g/mol. The van der Waals surface area contributed by atoms with Crippen molar-refractivity contribution in [2.45, 2.75) is 30.2 Å². The number of nitrogens with zero attached hydrogens (tertiary/aromatic N) is 4. The second-order valence-corrected chi connectivity index (χ2v) is 7.74. The van der Waals surface area contributed by atoms with Crippen LogP contribution in [-0.4, -0.2) is 36.9 Å².